The predicted molar refractivity (Wildman–Crippen MR) is 105 cm³/mol. The number of rotatable bonds is 6. The molecule has 0 saturated heterocycles. The fraction of sp³-hybridized carbons (Fsp3) is 0.250. The average Bonchev–Trinajstić information content (AvgIpc) is 2.61. The highest BCUT2D eigenvalue weighted by molar-refractivity contribution is 6.34. The van der Waals surface area contributed by atoms with E-state index in [9.17, 15) is 4.79 Å². The van der Waals surface area contributed by atoms with Gasteiger partial charge in [-0.2, -0.15) is 0 Å². The largest absolute Gasteiger partial charge is 0.493 e. The molecule has 0 heterocycles. The minimum atomic E-state index is -0.285. The van der Waals surface area contributed by atoms with E-state index in [2.05, 4.69) is 5.32 Å². The van der Waals surface area contributed by atoms with E-state index < -0.39 is 0 Å². The Bertz CT molecular complexity index is 798. The molecule has 2 aromatic carbocycles. The van der Waals surface area contributed by atoms with Crippen LogP contribution in [-0.4, -0.2) is 27.2 Å². The van der Waals surface area contributed by atoms with E-state index >= 15 is 0 Å². The SMILES string of the molecule is COc1cc(/C=C/C(=O)Nc2c(C)cc(C)cc2Cl)cc(OC)c1OC. The molecule has 1 amide bonds. The lowest BCUT2D eigenvalue weighted by Gasteiger charge is -2.13. The first kappa shape index (κ1) is 19.7. The smallest absolute Gasteiger partial charge is 0.248 e. The van der Waals surface area contributed by atoms with E-state index in [4.69, 9.17) is 25.8 Å². The van der Waals surface area contributed by atoms with Crippen LogP contribution in [0, 0.1) is 13.8 Å². The predicted octanol–water partition coefficient (Wildman–Crippen LogP) is 4.63. The maximum Gasteiger partial charge on any atom is 0.248 e. The molecular formula is C20H22ClNO4. The van der Waals surface area contributed by atoms with Crippen molar-refractivity contribution in [3.63, 3.8) is 0 Å². The number of amides is 1. The van der Waals surface area contributed by atoms with Gasteiger partial charge >= 0.3 is 0 Å². The first-order valence-corrected chi connectivity index (χ1v) is 8.33. The Balaban J connectivity index is 2.23. The Morgan fingerprint density at radius 2 is 1.62 bits per heavy atom. The summed E-state index contributed by atoms with van der Waals surface area (Å²) in [6.45, 7) is 3.85. The van der Waals surface area contributed by atoms with Crippen molar-refractivity contribution in [1.29, 1.82) is 0 Å². The molecule has 2 aromatic rings. The molecule has 0 bridgehead atoms. The van der Waals surface area contributed by atoms with Crippen LogP contribution in [0.25, 0.3) is 6.08 Å². The second kappa shape index (κ2) is 8.63. The molecule has 0 aliphatic heterocycles. The number of methoxy groups -OCH3 is 3. The van der Waals surface area contributed by atoms with Gasteiger partial charge in [0, 0.05) is 6.08 Å². The summed E-state index contributed by atoms with van der Waals surface area (Å²) in [7, 11) is 4.62. The minimum Gasteiger partial charge on any atom is -0.493 e. The topological polar surface area (TPSA) is 56.8 Å². The normalized spacial score (nSPS) is 10.7. The van der Waals surface area contributed by atoms with Crippen molar-refractivity contribution < 1.29 is 19.0 Å². The van der Waals surface area contributed by atoms with Crippen LogP contribution in [0.4, 0.5) is 5.69 Å². The molecule has 0 unspecified atom stereocenters. The summed E-state index contributed by atoms with van der Waals surface area (Å²) in [5.41, 5.74) is 3.29. The number of halogens is 1. The lowest BCUT2D eigenvalue weighted by molar-refractivity contribution is -0.111. The summed E-state index contributed by atoms with van der Waals surface area (Å²) < 4.78 is 15.9. The van der Waals surface area contributed by atoms with Crippen LogP contribution in [0.15, 0.2) is 30.3 Å². The zero-order valence-corrected chi connectivity index (χ0v) is 16.2. The number of aryl methyl sites for hydroxylation is 2. The second-order valence-corrected chi connectivity index (χ2v) is 6.13. The maximum absolute atomic E-state index is 12.3. The van der Waals surface area contributed by atoms with Crippen molar-refractivity contribution in [3.05, 3.63) is 52.1 Å². The highest BCUT2D eigenvalue weighted by atomic mass is 35.5. The molecule has 0 radical (unpaired) electrons. The molecule has 0 atom stereocenters. The maximum atomic E-state index is 12.3. The van der Waals surface area contributed by atoms with Gasteiger partial charge < -0.3 is 19.5 Å². The average molecular weight is 376 g/mol. The molecule has 138 valence electrons. The van der Waals surface area contributed by atoms with Gasteiger partial charge in [-0.05, 0) is 54.8 Å². The first-order valence-electron chi connectivity index (χ1n) is 7.95. The lowest BCUT2D eigenvalue weighted by Crippen LogP contribution is -2.09. The first-order chi connectivity index (χ1) is 12.4. The number of anilines is 1. The Labute approximate surface area is 158 Å². The van der Waals surface area contributed by atoms with E-state index in [-0.39, 0.29) is 5.91 Å². The third-order valence-electron chi connectivity index (χ3n) is 3.79. The van der Waals surface area contributed by atoms with Crippen LogP contribution in [0.3, 0.4) is 0 Å². The molecule has 0 aromatic heterocycles. The standard InChI is InChI=1S/C20H22ClNO4/c1-12-8-13(2)19(15(21)9-12)22-18(23)7-6-14-10-16(24-3)20(26-5)17(11-14)25-4/h6-11H,1-5H3,(H,22,23)/b7-6+. The third-order valence-corrected chi connectivity index (χ3v) is 4.09. The zero-order valence-electron chi connectivity index (χ0n) is 15.5. The van der Waals surface area contributed by atoms with Gasteiger partial charge in [0.1, 0.15) is 0 Å². The number of hydrogen-bond acceptors (Lipinski definition) is 4. The number of carbonyl (C=O) groups is 1. The van der Waals surface area contributed by atoms with E-state index in [0.717, 1.165) is 16.7 Å². The van der Waals surface area contributed by atoms with Crippen LogP contribution in [-0.2, 0) is 4.79 Å². The molecule has 0 aliphatic carbocycles. The second-order valence-electron chi connectivity index (χ2n) is 5.72. The van der Waals surface area contributed by atoms with Crippen LogP contribution in [0.5, 0.6) is 17.2 Å². The van der Waals surface area contributed by atoms with Crippen LogP contribution in [0.1, 0.15) is 16.7 Å². The third kappa shape index (κ3) is 4.49. The van der Waals surface area contributed by atoms with Gasteiger partial charge in [-0.1, -0.05) is 17.7 Å². The van der Waals surface area contributed by atoms with Gasteiger partial charge in [0.15, 0.2) is 11.5 Å². The number of carbonyl (C=O) groups excluding carboxylic acids is 1. The van der Waals surface area contributed by atoms with Crippen LogP contribution >= 0.6 is 11.6 Å². The van der Waals surface area contributed by atoms with Gasteiger partial charge in [-0.3, -0.25) is 4.79 Å². The minimum absolute atomic E-state index is 0.285. The van der Waals surface area contributed by atoms with Gasteiger partial charge in [0.25, 0.3) is 0 Å². The van der Waals surface area contributed by atoms with Crippen molar-refractivity contribution in [3.8, 4) is 17.2 Å². The number of hydrogen-bond donors (Lipinski definition) is 1. The van der Waals surface area contributed by atoms with E-state index in [1.54, 1.807) is 32.4 Å². The van der Waals surface area contributed by atoms with Crippen LogP contribution in [0.2, 0.25) is 5.02 Å². The Morgan fingerprint density at radius 3 is 2.12 bits per heavy atom. The number of ether oxygens (including phenoxy) is 3. The van der Waals surface area contributed by atoms with E-state index in [0.29, 0.717) is 28.0 Å². The van der Waals surface area contributed by atoms with Crippen molar-refractivity contribution in [2.45, 2.75) is 13.8 Å². The Kier molecular flexibility index (Phi) is 6.52. The van der Waals surface area contributed by atoms with Gasteiger partial charge in [-0.15, -0.1) is 0 Å². The fourth-order valence-electron chi connectivity index (χ4n) is 2.61. The molecular weight excluding hydrogens is 354 g/mol. The number of nitrogens with one attached hydrogen (secondary N) is 1. The van der Waals surface area contributed by atoms with Crippen molar-refractivity contribution in [2.75, 3.05) is 26.6 Å². The van der Waals surface area contributed by atoms with Crippen molar-refractivity contribution >= 4 is 29.3 Å². The molecule has 5 nitrogen and oxygen atoms in total. The summed E-state index contributed by atoms with van der Waals surface area (Å²) in [4.78, 5) is 12.3. The molecule has 6 heteroatoms. The summed E-state index contributed by atoms with van der Waals surface area (Å²) in [6.07, 6.45) is 3.09. The Morgan fingerprint density at radius 1 is 1.00 bits per heavy atom. The zero-order chi connectivity index (χ0) is 19.3. The summed E-state index contributed by atoms with van der Waals surface area (Å²) in [5.74, 6) is 1.25. The molecule has 2 rings (SSSR count). The monoisotopic (exact) mass is 375 g/mol. The summed E-state index contributed by atoms with van der Waals surface area (Å²) >= 11 is 6.22. The van der Waals surface area contributed by atoms with Crippen LogP contribution < -0.4 is 19.5 Å². The fourth-order valence-corrected chi connectivity index (χ4v) is 2.98. The molecule has 26 heavy (non-hydrogen) atoms. The highest BCUT2D eigenvalue weighted by Gasteiger charge is 2.12. The number of benzene rings is 2. The van der Waals surface area contributed by atoms with Gasteiger partial charge in [0.05, 0.1) is 32.0 Å². The molecule has 0 spiro atoms. The van der Waals surface area contributed by atoms with Gasteiger partial charge in [-0.25, -0.2) is 0 Å². The highest BCUT2D eigenvalue weighted by Crippen LogP contribution is 2.38. The van der Waals surface area contributed by atoms with E-state index in [1.165, 1.54) is 13.2 Å². The molecule has 0 fully saturated rings. The molecule has 0 aliphatic rings. The summed E-state index contributed by atoms with van der Waals surface area (Å²) in [6, 6.07) is 7.29. The quantitative estimate of drug-likeness (QED) is 0.747. The van der Waals surface area contributed by atoms with E-state index in [1.807, 2.05) is 26.0 Å². The Hall–Kier alpha value is -2.66. The molecule has 0 saturated carbocycles. The van der Waals surface area contributed by atoms with Gasteiger partial charge in [0.2, 0.25) is 11.7 Å². The van der Waals surface area contributed by atoms with Crippen molar-refractivity contribution in [2.24, 2.45) is 0 Å². The molecule has 1 N–H and O–H groups in total. The summed E-state index contributed by atoms with van der Waals surface area (Å²) in [5, 5.41) is 3.32. The van der Waals surface area contributed by atoms with Crippen molar-refractivity contribution in [1.82, 2.24) is 0 Å². The lowest BCUT2D eigenvalue weighted by atomic mass is 10.1.